The van der Waals surface area contributed by atoms with Gasteiger partial charge in [-0.05, 0) is 55.0 Å². The molecule has 4 rings (SSSR count). The Morgan fingerprint density at radius 1 is 1.13 bits per heavy atom. The molecule has 0 aliphatic heterocycles. The summed E-state index contributed by atoms with van der Waals surface area (Å²) in [6.07, 6.45) is 6.88. The molecule has 1 saturated carbocycles. The molecule has 0 saturated heterocycles. The van der Waals surface area contributed by atoms with Gasteiger partial charge in [0.1, 0.15) is 5.82 Å². The lowest BCUT2D eigenvalue weighted by Gasteiger charge is -2.25. The summed E-state index contributed by atoms with van der Waals surface area (Å²) in [6.45, 7) is 0.439. The van der Waals surface area contributed by atoms with Crippen LogP contribution in [0.15, 0.2) is 59.7 Å². The summed E-state index contributed by atoms with van der Waals surface area (Å²) in [5, 5.41) is 3.75. The van der Waals surface area contributed by atoms with E-state index >= 15 is 0 Å². The first-order valence-electron chi connectivity index (χ1n) is 10.6. The number of benzene rings is 2. The van der Waals surface area contributed by atoms with Gasteiger partial charge in [-0.15, -0.1) is 0 Å². The molecule has 1 aromatic heterocycles. The number of carbonyl (C=O) groups is 1. The molecule has 6 heteroatoms. The molecule has 3 aromatic rings. The van der Waals surface area contributed by atoms with Crippen LogP contribution < -0.4 is 10.9 Å². The van der Waals surface area contributed by atoms with E-state index in [2.05, 4.69) is 10.3 Å². The number of nitrogens with zero attached hydrogens (tertiary/aromatic N) is 2. The van der Waals surface area contributed by atoms with Crippen molar-refractivity contribution >= 4 is 16.8 Å². The Bertz CT molecular complexity index is 1070. The average Bonchev–Trinajstić information content (AvgIpc) is 3.29. The Morgan fingerprint density at radius 3 is 2.63 bits per heavy atom. The monoisotopic (exact) mass is 407 g/mol. The van der Waals surface area contributed by atoms with Crippen molar-refractivity contribution in [3.8, 4) is 0 Å². The fourth-order valence-corrected chi connectivity index (χ4v) is 4.36. The van der Waals surface area contributed by atoms with Crippen LogP contribution in [0.4, 0.5) is 4.39 Å². The molecule has 0 radical (unpaired) electrons. The number of aromatic nitrogens is 2. The maximum Gasteiger partial charge on any atom is 0.261 e. The zero-order chi connectivity index (χ0) is 20.9. The van der Waals surface area contributed by atoms with E-state index in [4.69, 9.17) is 0 Å². The van der Waals surface area contributed by atoms with E-state index in [1.807, 2.05) is 18.2 Å². The highest BCUT2D eigenvalue weighted by molar-refractivity contribution is 5.77. The Hall–Kier alpha value is -3.02. The molecule has 1 N–H and O–H groups in total. The van der Waals surface area contributed by atoms with Crippen LogP contribution in [0.5, 0.6) is 0 Å². The first-order chi connectivity index (χ1) is 14.6. The molecule has 0 spiro atoms. The van der Waals surface area contributed by atoms with Gasteiger partial charge >= 0.3 is 0 Å². The summed E-state index contributed by atoms with van der Waals surface area (Å²) in [6, 6.07) is 13.6. The van der Waals surface area contributed by atoms with E-state index in [0.717, 1.165) is 31.2 Å². The number of halogens is 1. The van der Waals surface area contributed by atoms with Gasteiger partial charge in [0, 0.05) is 13.0 Å². The van der Waals surface area contributed by atoms with Gasteiger partial charge in [0.25, 0.3) is 5.56 Å². The topological polar surface area (TPSA) is 64.0 Å². The highest BCUT2D eigenvalue weighted by Gasteiger charge is 2.27. The van der Waals surface area contributed by atoms with Crippen molar-refractivity contribution in [1.29, 1.82) is 0 Å². The Morgan fingerprint density at radius 2 is 1.87 bits per heavy atom. The number of aryl methyl sites for hydroxylation is 1. The maximum absolute atomic E-state index is 13.3. The van der Waals surface area contributed by atoms with Gasteiger partial charge in [0.05, 0.1) is 23.3 Å². The van der Waals surface area contributed by atoms with Crippen LogP contribution in [-0.4, -0.2) is 15.5 Å². The third-order valence-corrected chi connectivity index (χ3v) is 5.95. The van der Waals surface area contributed by atoms with Crippen molar-refractivity contribution in [3.63, 3.8) is 0 Å². The molecule has 1 amide bonds. The van der Waals surface area contributed by atoms with Crippen LogP contribution in [-0.2, 0) is 11.3 Å². The smallest absolute Gasteiger partial charge is 0.261 e. The molecular weight excluding hydrogens is 381 g/mol. The Kier molecular flexibility index (Phi) is 6.21. The molecule has 5 nitrogen and oxygen atoms in total. The van der Waals surface area contributed by atoms with E-state index in [1.54, 1.807) is 29.1 Å². The predicted octanol–water partition coefficient (Wildman–Crippen LogP) is 4.36. The molecule has 2 aromatic carbocycles. The van der Waals surface area contributed by atoms with Crippen LogP contribution in [0.25, 0.3) is 10.9 Å². The minimum absolute atomic E-state index is 0.0435. The third-order valence-electron chi connectivity index (χ3n) is 5.95. The number of hydrogen-bond donors (Lipinski definition) is 1. The number of nitrogens with one attached hydrogen (secondary N) is 1. The van der Waals surface area contributed by atoms with E-state index in [9.17, 15) is 14.0 Å². The highest BCUT2D eigenvalue weighted by Crippen LogP contribution is 2.35. The number of hydrogen-bond acceptors (Lipinski definition) is 3. The minimum atomic E-state index is -0.273. The van der Waals surface area contributed by atoms with Gasteiger partial charge in [-0.1, -0.05) is 37.1 Å². The van der Waals surface area contributed by atoms with Crippen molar-refractivity contribution in [2.24, 2.45) is 5.92 Å². The second-order valence-electron chi connectivity index (χ2n) is 8.01. The predicted molar refractivity (Wildman–Crippen MR) is 114 cm³/mol. The molecule has 0 bridgehead atoms. The van der Waals surface area contributed by atoms with Gasteiger partial charge in [-0.25, -0.2) is 9.37 Å². The summed E-state index contributed by atoms with van der Waals surface area (Å²) in [5.74, 6) is 0.0643. The largest absolute Gasteiger partial charge is 0.349 e. The second kappa shape index (κ2) is 9.20. The van der Waals surface area contributed by atoms with Gasteiger partial charge in [-0.2, -0.15) is 0 Å². The molecule has 1 heterocycles. The van der Waals surface area contributed by atoms with Gasteiger partial charge in [0.2, 0.25) is 5.91 Å². The van der Waals surface area contributed by atoms with Crippen molar-refractivity contribution in [3.05, 3.63) is 76.6 Å². The van der Waals surface area contributed by atoms with Crippen molar-refractivity contribution < 1.29 is 9.18 Å². The molecule has 1 aliphatic carbocycles. The zero-order valence-corrected chi connectivity index (χ0v) is 16.9. The third kappa shape index (κ3) is 4.58. The number of para-hydroxylation sites is 1. The van der Waals surface area contributed by atoms with Crippen molar-refractivity contribution in [1.82, 2.24) is 14.9 Å². The van der Waals surface area contributed by atoms with E-state index in [-0.39, 0.29) is 23.3 Å². The van der Waals surface area contributed by atoms with Gasteiger partial charge in [-0.3, -0.25) is 14.2 Å². The number of fused-ring (bicyclic) bond motifs is 1. The standard InChI is InChI=1S/C24H26FN3O2/c25-19-13-11-18(12-14-19)23(17-6-1-2-7-17)27-22(29)10-5-15-28-16-26-21-9-4-3-8-20(21)24(28)30/h3-4,8-9,11-14,16-17,23H,1-2,5-7,10,15H2,(H,27,29). The van der Waals surface area contributed by atoms with E-state index < -0.39 is 0 Å². The van der Waals surface area contributed by atoms with E-state index in [0.29, 0.717) is 36.2 Å². The summed E-state index contributed by atoms with van der Waals surface area (Å²) < 4.78 is 14.9. The van der Waals surface area contributed by atoms with Crippen LogP contribution in [0, 0.1) is 11.7 Å². The molecule has 1 atom stereocenters. The minimum Gasteiger partial charge on any atom is -0.349 e. The first-order valence-corrected chi connectivity index (χ1v) is 10.6. The zero-order valence-electron chi connectivity index (χ0n) is 16.9. The Balaban J connectivity index is 1.38. The number of carbonyl (C=O) groups excluding carboxylic acids is 1. The van der Waals surface area contributed by atoms with Crippen molar-refractivity contribution in [2.45, 2.75) is 51.1 Å². The lowest BCUT2D eigenvalue weighted by molar-refractivity contribution is -0.122. The normalized spacial score (nSPS) is 15.4. The summed E-state index contributed by atoms with van der Waals surface area (Å²) in [4.78, 5) is 29.5. The second-order valence-corrected chi connectivity index (χ2v) is 8.01. The van der Waals surface area contributed by atoms with Gasteiger partial charge < -0.3 is 5.32 Å². The first kappa shape index (κ1) is 20.3. The fourth-order valence-electron chi connectivity index (χ4n) is 4.36. The summed E-state index contributed by atoms with van der Waals surface area (Å²) in [7, 11) is 0. The molecule has 156 valence electrons. The maximum atomic E-state index is 13.3. The summed E-state index contributed by atoms with van der Waals surface area (Å²) in [5.41, 5.74) is 1.54. The lowest BCUT2D eigenvalue weighted by atomic mass is 9.91. The fraction of sp³-hybridized carbons (Fsp3) is 0.375. The SMILES string of the molecule is O=C(CCCn1cnc2ccccc2c1=O)NC(c1ccc(F)cc1)C1CCCC1. The van der Waals surface area contributed by atoms with Gasteiger partial charge in [0.15, 0.2) is 0 Å². The average molecular weight is 407 g/mol. The Labute approximate surface area is 175 Å². The molecular formula is C24H26FN3O2. The molecule has 1 fully saturated rings. The highest BCUT2D eigenvalue weighted by atomic mass is 19.1. The van der Waals surface area contributed by atoms with E-state index in [1.165, 1.54) is 12.1 Å². The molecule has 30 heavy (non-hydrogen) atoms. The number of amides is 1. The number of rotatable bonds is 7. The molecule has 1 unspecified atom stereocenters. The van der Waals surface area contributed by atoms with Crippen LogP contribution >= 0.6 is 0 Å². The van der Waals surface area contributed by atoms with Crippen molar-refractivity contribution in [2.75, 3.05) is 0 Å². The van der Waals surface area contributed by atoms with Crippen LogP contribution in [0.3, 0.4) is 0 Å². The summed E-state index contributed by atoms with van der Waals surface area (Å²) >= 11 is 0. The van der Waals surface area contributed by atoms with Crippen LogP contribution in [0.1, 0.15) is 50.1 Å². The quantitative estimate of drug-likeness (QED) is 0.633. The van der Waals surface area contributed by atoms with Crippen LogP contribution in [0.2, 0.25) is 0 Å². The lowest BCUT2D eigenvalue weighted by Crippen LogP contribution is -2.33. The molecule has 1 aliphatic rings.